The number of halogens is 6. The van der Waals surface area contributed by atoms with Gasteiger partial charge in [-0.15, -0.1) is 0 Å². The van der Waals surface area contributed by atoms with Crippen LogP contribution in [0.2, 0.25) is 0 Å². The Balaban J connectivity index is 3.29. The van der Waals surface area contributed by atoms with E-state index in [2.05, 4.69) is 4.74 Å². The van der Waals surface area contributed by atoms with Crippen LogP contribution >= 0.6 is 0 Å². The van der Waals surface area contributed by atoms with Gasteiger partial charge in [0.25, 0.3) is 6.10 Å². The largest absolute Gasteiger partial charge is 0.458 e. The van der Waals surface area contributed by atoms with Crippen LogP contribution in [0, 0.1) is 23.2 Å². The molecule has 1 saturated carbocycles. The van der Waals surface area contributed by atoms with Crippen molar-refractivity contribution in [2.75, 3.05) is 0 Å². The minimum atomic E-state index is -5.81. The molecule has 0 N–H and O–H groups in total. The monoisotopic (exact) mass is 490 g/mol. The molecular weight excluding hydrogens is 454 g/mol. The van der Waals surface area contributed by atoms with Crippen LogP contribution in [0.25, 0.3) is 0 Å². The summed E-state index contributed by atoms with van der Waals surface area (Å²) >= 11 is 0. The van der Waals surface area contributed by atoms with Gasteiger partial charge in [0.15, 0.2) is 0 Å². The zero-order valence-corrected chi connectivity index (χ0v) is 20.2. The predicted molar refractivity (Wildman–Crippen MR) is 110 cm³/mol. The van der Waals surface area contributed by atoms with Crippen molar-refractivity contribution in [2.24, 2.45) is 23.2 Å². The Hall–Kier alpha value is -1.48. The molecular formula is C23H36F6O4. The summed E-state index contributed by atoms with van der Waals surface area (Å²) in [5.74, 6) is -4.08. The molecule has 1 aliphatic carbocycles. The zero-order valence-electron chi connectivity index (χ0n) is 20.2. The summed E-state index contributed by atoms with van der Waals surface area (Å²) in [6, 6.07) is 0. The SMILES string of the molecule is CCC(C(=O)OC(C(F)(F)F)C(F)(F)F)C1(OC(=O)C(CC(C)C)C(C)(C)C)CCCCC1. The lowest BCUT2D eigenvalue weighted by Crippen LogP contribution is -2.53. The van der Waals surface area contributed by atoms with Gasteiger partial charge in [-0.3, -0.25) is 9.59 Å². The number of hydrogen-bond acceptors (Lipinski definition) is 4. The summed E-state index contributed by atoms with van der Waals surface area (Å²) in [6.07, 6.45) is -13.3. The zero-order chi connectivity index (χ0) is 25.8. The second-order valence-corrected chi connectivity index (χ2v) is 10.5. The summed E-state index contributed by atoms with van der Waals surface area (Å²) in [6.45, 7) is 10.9. The van der Waals surface area contributed by atoms with E-state index in [9.17, 15) is 35.9 Å². The fourth-order valence-electron chi connectivity index (χ4n) is 4.49. The van der Waals surface area contributed by atoms with E-state index < -0.39 is 53.2 Å². The van der Waals surface area contributed by atoms with E-state index in [4.69, 9.17) is 4.74 Å². The molecule has 0 radical (unpaired) electrons. The van der Waals surface area contributed by atoms with Gasteiger partial charge in [0.05, 0.1) is 11.8 Å². The van der Waals surface area contributed by atoms with Crippen molar-refractivity contribution < 1.29 is 45.4 Å². The lowest BCUT2D eigenvalue weighted by molar-refractivity contribution is -0.315. The Morgan fingerprint density at radius 1 is 0.879 bits per heavy atom. The fourth-order valence-corrected chi connectivity index (χ4v) is 4.49. The first-order valence-electron chi connectivity index (χ1n) is 11.4. The second kappa shape index (κ2) is 10.8. The van der Waals surface area contributed by atoms with Crippen LogP contribution in [-0.4, -0.2) is 36.0 Å². The molecule has 2 atom stereocenters. The molecule has 194 valence electrons. The molecule has 0 aromatic carbocycles. The molecule has 0 aromatic heterocycles. The minimum Gasteiger partial charge on any atom is -0.458 e. The van der Waals surface area contributed by atoms with Gasteiger partial charge >= 0.3 is 24.3 Å². The highest BCUT2D eigenvalue weighted by molar-refractivity contribution is 5.77. The number of alkyl halides is 6. The van der Waals surface area contributed by atoms with E-state index in [0.717, 1.165) is 6.42 Å². The smallest absolute Gasteiger partial charge is 0.434 e. The van der Waals surface area contributed by atoms with Crippen molar-refractivity contribution in [3.63, 3.8) is 0 Å². The van der Waals surface area contributed by atoms with Gasteiger partial charge in [-0.2, -0.15) is 26.3 Å². The maximum atomic E-state index is 13.2. The molecule has 0 aliphatic heterocycles. The Morgan fingerprint density at radius 3 is 1.73 bits per heavy atom. The summed E-state index contributed by atoms with van der Waals surface area (Å²) < 4.78 is 87.7. The first-order valence-corrected chi connectivity index (χ1v) is 11.4. The average molecular weight is 491 g/mol. The highest BCUT2D eigenvalue weighted by Crippen LogP contribution is 2.44. The van der Waals surface area contributed by atoms with Gasteiger partial charge in [0.2, 0.25) is 0 Å². The summed E-state index contributed by atoms with van der Waals surface area (Å²) in [5, 5.41) is 0. The standard InChI is InChI=1S/C23H36F6O4/c1-7-15(17(30)32-19(22(24,25)26)23(27,28)29)21(11-9-8-10-12-21)33-18(31)16(13-14(2)3)20(4,5)6/h14-16,19H,7-13H2,1-6H3. The molecule has 0 heterocycles. The van der Waals surface area contributed by atoms with Gasteiger partial charge in [-0.25, -0.2) is 0 Å². The summed E-state index contributed by atoms with van der Waals surface area (Å²) in [4.78, 5) is 25.9. The number of carbonyl (C=O) groups is 2. The number of rotatable bonds is 8. The third-order valence-corrected chi connectivity index (χ3v) is 6.20. The van der Waals surface area contributed by atoms with Crippen molar-refractivity contribution in [3.05, 3.63) is 0 Å². The number of esters is 2. The molecule has 0 bridgehead atoms. The van der Waals surface area contributed by atoms with E-state index in [1.54, 1.807) is 0 Å². The van der Waals surface area contributed by atoms with E-state index >= 15 is 0 Å². The number of ether oxygens (including phenoxy) is 2. The van der Waals surface area contributed by atoms with Crippen LogP contribution in [-0.2, 0) is 19.1 Å². The topological polar surface area (TPSA) is 52.6 Å². The molecule has 1 aliphatic rings. The highest BCUT2D eigenvalue weighted by Gasteiger charge is 2.61. The van der Waals surface area contributed by atoms with Crippen molar-refractivity contribution in [2.45, 2.75) is 111 Å². The Kier molecular flexibility index (Phi) is 9.71. The van der Waals surface area contributed by atoms with Gasteiger partial charge in [0, 0.05) is 0 Å². The summed E-state index contributed by atoms with van der Waals surface area (Å²) in [5.41, 5.74) is -1.99. The van der Waals surface area contributed by atoms with E-state index in [0.29, 0.717) is 19.3 Å². The molecule has 10 heteroatoms. The quantitative estimate of drug-likeness (QED) is 0.271. The normalized spacial score (nSPS) is 19.3. The van der Waals surface area contributed by atoms with E-state index in [1.165, 1.54) is 6.92 Å². The number of carbonyl (C=O) groups excluding carboxylic acids is 2. The Labute approximate surface area is 191 Å². The van der Waals surface area contributed by atoms with Crippen LogP contribution < -0.4 is 0 Å². The van der Waals surface area contributed by atoms with Crippen LogP contribution in [0.4, 0.5) is 26.3 Å². The minimum absolute atomic E-state index is 0.126. The lowest BCUT2D eigenvalue weighted by atomic mass is 9.73. The first kappa shape index (κ1) is 29.6. The molecule has 33 heavy (non-hydrogen) atoms. The van der Waals surface area contributed by atoms with Crippen LogP contribution in [0.5, 0.6) is 0 Å². The highest BCUT2D eigenvalue weighted by atomic mass is 19.4. The molecule has 1 rings (SSSR count). The maximum absolute atomic E-state index is 13.2. The van der Waals surface area contributed by atoms with Crippen molar-refractivity contribution >= 4 is 11.9 Å². The summed E-state index contributed by atoms with van der Waals surface area (Å²) in [7, 11) is 0. The van der Waals surface area contributed by atoms with Crippen LogP contribution in [0.3, 0.4) is 0 Å². The van der Waals surface area contributed by atoms with Crippen molar-refractivity contribution in [1.29, 1.82) is 0 Å². The Morgan fingerprint density at radius 2 is 1.36 bits per heavy atom. The van der Waals surface area contributed by atoms with Crippen molar-refractivity contribution in [3.8, 4) is 0 Å². The number of hydrogen-bond donors (Lipinski definition) is 0. The fraction of sp³-hybridized carbons (Fsp3) is 0.913. The van der Waals surface area contributed by atoms with E-state index in [-0.39, 0.29) is 25.2 Å². The van der Waals surface area contributed by atoms with Crippen LogP contribution in [0.1, 0.15) is 86.5 Å². The third kappa shape index (κ3) is 8.05. The first-order chi connectivity index (χ1) is 14.8. The molecule has 1 fully saturated rings. The van der Waals surface area contributed by atoms with E-state index in [1.807, 2.05) is 34.6 Å². The molecule has 0 aromatic rings. The molecule has 4 nitrogen and oxygen atoms in total. The molecule has 0 spiro atoms. The molecule has 2 unspecified atom stereocenters. The lowest BCUT2D eigenvalue weighted by Gasteiger charge is -2.43. The second-order valence-electron chi connectivity index (χ2n) is 10.5. The van der Waals surface area contributed by atoms with Crippen LogP contribution in [0.15, 0.2) is 0 Å². The average Bonchev–Trinajstić information content (AvgIpc) is 2.62. The maximum Gasteiger partial charge on any atom is 0.434 e. The van der Waals surface area contributed by atoms with Gasteiger partial charge in [0.1, 0.15) is 5.60 Å². The van der Waals surface area contributed by atoms with Gasteiger partial charge < -0.3 is 9.47 Å². The third-order valence-electron chi connectivity index (χ3n) is 6.20. The predicted octanol–water partition coefficient (Wildman–Crippen LogP) is 7.00. The van der Waals surface area contributed by atoms with Gasteiger partial charge in [-0.05, 0) is 49.9 Å². The molecule has 0 amide bonds. The Bertz CT molecular complexity index is 643. The van der Waals surface area contributed by atoms with Gasteiger partial charge in [-0.1, -0.05) is 48.0 Å². The molecule has 0 saturated heterocycles. The van der Waals surface area contributed by atoms with Crippen molar-refractivity contribution in [1.82, 2.24) is 0 Å².